The largest absolute Gasteiger partial charge is 0.0982 e. The standard InChI is InChI=1S/C28H42/c1-27(2,3)25-19-15-23(16-20-25)13-11-9-7-8-10-12-14-24-17-21-26(22-18-24)28(4,5)6/h15,17,25-26H,7-10,16,18-22H2,1-6H3. The molecular weight excluding hydrogens is 336 g/mol. The van der Waals surface area contributed by atoms with Gasteiger partial charge in [0.1, 0.15) is 0 Å². The van der Waals surface area contributed by atoms with E-state index in [1.165, 1.54) is 62.5 Å². The summed E-state index contributed by atoms with van der Waals surface area (Å²) in [6.07, 6.45) is 16.5. The zero-order valence-corrected chi connectivity index (χ0v) is 19.4. The molecule has 0 heteroatoms. The normalized spacial score (nSPS) is 22.9. The summed E-state index contributed by atoms with van der Waals surface area (Å²) in [5.74, 6) is 15.2. The van der Waals surface area contributed by atoms with Crippen molar-refractivity contribution in [3.63, 3.8) is 0 Å². The lowest BCUT2D eigenvalue weighted by Crippen LogP contribution is -2.21. The molecule has 0 saturated carbocycles. The van der Waals surface area contributed by atoms with Gasteiger partial charge in [0, 0.05) is 12.8 Å². The fraction of sp³-hybridized carbons (Fsp3) is 0.714. The lowest BCUT2D eigenvalue weighted by Gasteiger charge is -2.32. The molecule has 2 rings (SSSR count). The maximum atomic E-state index is 3.42. The minimum absolute atomic E-state index is 0.429. The molecule has 0 fully saturated rings. The van der Waals surface area contributed by atoms with Crippen molar-refractivity contribution >= 4 is 0 Å². The van der Waals surface area contributed by atoms with Crippen molar-refractivity contribution in [1.82, 2.24) is 0 Å². The van der Waals surface area contributed by atoms with Crippen LogP contribution in [0, 0.1) is 46.3 Å². The first kappa shape index (κ1) is 22.9. The van der Waals surface area contributed by atoms with E-state index in [1.54, 1.807) is 0 Å². The summed E-state index contributed by atoms with van der Waals surface area (Å²) >= 11 is 0. The molecular formula is C28H42. The van der Waals surface area contributed by atoms with E-state index >= 15 is 0 Å². The average molecular weight is 379 g/mol. The Labute approximate surface area is 175 Å². The highest BCUT2D eigenvalue weighted by molar-refractivity contribution is 5.31. The van der Waals surface area contributed by atoms with Gasteiger partial charge >= 0.3 is 0 Å². The molecule has 0 saturated heterocycles. The predicted octanol–water partition coefficient (Wildman–Crippen LogP) is 8.10. The monoisotopic (exact) mass is 378 g/mol. The number of rotatable bonds is 3. The molecule has 0 aromatic heterocycles. The molecule has 0 aromatic carbocycles. The molecule has 0 aliphatic heterocycles. The van der Waals surface area contributed by atoms with Gasteiger partial charge < -0.3 is 0 Å². The summed E-state index contributed by atoms with van der Waals surface area (Å²) in [5.41, 5.74) is 3.60. The second kappa shape index (κ2) is 10.4. The zero-order valence-electron chi connectivity index (χ0n) is 19.4. The molecule has 2 unspecified atom stereocenters. The number of allylic oxidation sites excluding steroid dienone is 4. The average Bonchev–Trinajstić information content (AvgIpc) is 2.63. The Hall–Kier alpha value is -1.40. The zero-order chi connectivity index (χ0) is 20.6. The van der Waals surface area contributed by atoms with E-state index in [4.69, 9.17) is 0 Å². The van der Waals surface area contributed by atoms with Gasteiger partial charge in [0.25, 0.3) is 0 Å². The first-order valence-electron chi connectivity index (χ1n) is 11.5. The SMILES string of the molecule is CC(C)(C)C1CC=C(C#CCCCCC#CC2=CCC(C(C)(C)C)CC2)CC1. The van der Waals surface area contributed by atoms with E-state index in [9.17, 15) is 0 Å². The van der Waals surface area contributed by atoms with Crippen LogP contribution in [0.3, 0.4) is 0 Å². The molecule has 2 aliphatic rings. The molecule has 0 aromatic rings. The molecule has 0 amide bonds. The topological polar surface area (TPSA) is 0 Å². The number of unbranched alkanes of at least 4 members (excludes halogenated alkanes) is 3. The third kappa shape index (κ3) is 7.92. The Morgan fingerprint density at radius 1 is 0.714 bits per heavy atom. The minimum Gasteiger partial charge on any atom is -0.0982 e. The summed E-state index contributed by atoms with van der Waals surface area (Å²) in [7, 11) is 0. The summed E-state index contributed by atoms with van der Waals surface area (Å²) < 4.78 is 0. The Morgan fingerprint density at radius 3 is 1.39 bits per heavy atom. The first-order valence-corrected chi connectivity index (χ1v) is 11.5. The molecule has 0 N–H and O–H groups in total. The van der Waals surface area contributed by atoms with E-state index in [2.05, 4.69) is 77.4 Å². The highest BCUT2D eigenvalue weighted by Gasteiger charge is 2.26. The van der Waals surface area contributed by atoms with Crippen molar-refractivity contribution in [3.05, 3.63) is 23.3 Å². The molecule has 0 bridgehead atoms. The van der Waals surface area contributed by atoms with Gasteiger partial charge in [-0.3, -0.25) is 0 Å². The van der Waals surface area contributed by atoms with Gasteiger partial charge in [0.15, 0.2) is 0 Å². The van der Waals surface area contributed by atoms with Gasteiger partial charge in [0.05, 0.1) is 0 Å². The first-order chi connectivity index (χ1) is 13.2. The molecule has 28 heavy (non-hydrogen) atoms. The second-order valence-corrected chi connectivity index (χ2v) is 10.9. The molecule has 0 spiro atoms. The van der Waals surface area contributed by atoms with Gasteiger partial charge in [-0.15, -0.1) is 0 Å². The minimum atomic E-state index is 0.429. The molecule has 0 nitrogen and oxygen atoms in total. The van der Waals surface area contributed by atoms with Gasteiger partial charge in [-0.1, -0.05) is 77.4 Å². The second-order valence-electron chi connectivity index (χ2n) is 10.9. The molecule has 0 radical (unpaired) electrons. The Morgan fingerprint density at radius 2 is 1.11 bits per heavy atom. The van der Waals surface area contributed by atoms with E-state index in [-0.39, 0.29) is 0 Å². The van der Waals surface area contributed by atoms with Crippen molar-refractivity contribution in [1.29, 1.82) is 0 Å². The predicted molar refractivity (Wildman–Crippen MR) is 124 cm³/mol. The van der Waals surface area contributed by atoms with Crippen LogP contribution in [0.15, 0.2) is 23.3 Å². The van der Waals surface area contributed by atoms with Gasteiger partial charge in [-0.2, -0.15) is 0 Å². The fourth-order valence-electron chi connectivity index (χ4n) is 4.25. The maximum absolute atomic E-state index is 3.42. The summed E-state index contributed by atoms with van der Waals surface area (Å²) in [4.78, 5) is 0. The van der Waals surface area contributed by atoms with Crippen molar-refractivity contribution in [2.24, 2.45) is 22.7 Å². The van der Waals surface area contributed by atoms with Gasteiger partial charge in [0.2, 0.25) is 0 Å². The van der Waals surface area contributed by atoms with Crippen LogP contribution in [0.25, 0.3) is 0 Å². The maximum Gasteiger partial charge on any atom is 0.00926 e. The summed E-state index contributed by atoms with van der Waals surface area (Å²) in [6.45, 7) is 14.2. The van der Waals surface area contributed by atoms with E-state index < -0.39 is 0 Å². The molecule has 2 aliphatic carbocycles. The van der Waals surface area contributed by atoms with Gasteiger partial charge in [-0.25, -0.2) is 0 Å². The van der Waals surface area contributed by atoms with E-state index in [1.807, 2.05) is 0 Å². The molecule has 154 valence electrons. The van der Waals surface area contributed by atoms with Crippen LogP contribution in [0.4, 0.5) is 0 Å². The Balaban J connectivity index is 1.62. The highest BCUT2D eigenvalue weighted by atomic mass is 14.3. The third-order valence-electron chi connectivity index (χ3n) is 6.62. The lowest BCUT2D eigenvalue weighted by atomic mass is 9.73. The van der Waals surface area contributed by atoms with Crippen molar-refractivity contribution < 1.29 is 0 Å². The molecule has 0 heterocycles. The quantitative estimate of drug-likeness (QED) is 0.344. The third-order valence-corrected chi connectivity index (χ3v) is 6.62. The molecule has 2 atom stereocenters. The Bertz CT molecular complexity index is 617. The van der Waals surface area contributed by atoms with Gasteiger partial charge in [-0.05, 0) is 85.2 Å². The van der Waals surface area contributed by atoms with E-state index in [0.717, 1.165) is 24.7 Å². The smallest absolute Gasteiger partial charge is 0.00926 e. The number of hydrogen-bond donors (Lipinski definition) is 0. The fourth-order valence-corrected chi connectivity index (χ4v) is 4.25. The lowest BCUT2D eigenvalue weighted by molar-refractivity contribution is 0.222. The van der Waals surface area contributed by atoms with E-state index in [0.29, 0.717) is 10.8 Å². The van der Waals surface area contributed by atoms with Crippen LogP contribution < -0.4 is 0 Å². The van der Waals surface area contributed by atoms with Crippen LogP contribution in [0.1, 0.15) is 106 Å². The summed E-state index contributed by atoms with van der Waals surface area (Å²) in [5, 5.41) is 0. The van der Waals surface area contributed by atoms with Crippen molar-refractivity contribution in [2.75, 3.05) is 0 Å². The highest BCUT2D eigenvalue weighted by Crippen LogP contribution is 2.37. The van der Waals surface area contributed by atoms with Crippen molar-refractivity contribution in [2.45, 2.75) is 106 Å². The number of hydrogen-bond acceptors (Lipinski definition) is 0. The Kier molecular flexibility index (Phi) is 8.50. The van der Waals surface area contributed by atoms with Crippen molar-refractivity contribution in [3.8, 4) is 23.7 Å². The summed E-state index contributed by atoms with van der Waals surface area (Å²) in [6, 6.07) is 0. The van der Waals surface area contributed by atoms with Crippen LogP contribution >= 0.6 is 0 Å². The van der Waals surface area contributed by atoms with Crippen LogP contribution in [0.5, 0.6) is 0 Å². The van der Waals surface area contributed by atoms with Crippen LogP contribution in [-0.4, -0.2) is 0 Å². The van der Waals surface area contributed by atoms with Crippen LogP contribution in [-0.2, 0) is 0 Å². The van der Waals surface area contributed by atoms with Crippen LogP contribution in [0.2, 0.25) is 0 Å².